The van der Waals surface area contributed by atoms with E-state index in [0.717, 1.165) is 11.3 Å². The van der Waals surface area contributed by atoms with Gasteiger partial charge in [-0.05, 0) is 36.8 Å². The first-order valence-corrected chi connectivity index (χ1v) is 5.14. The second kappa shape index (κ2) is 4.62. The number of hydrogen-bond donors (Lipinski definition) is 1. The number of rotatable bonds is 2. The van der Waals surface area contributed by atoms with Gasteiger partial charge in [-0.25, -0.2) is 0 Å². The first-order chi connectivity index (χ1) is 7.75. The van der Waals surface area contributed by atoms with Gasteiger partial charge in [-0.3, -0.25) is 4.99 Å². The van der Waals surface area contributed by atoms with Crippen molar-refractivity contribution in [1.29, 1.82) is 0 Å². The summed E-state index contributed by atoms with van der Waals surface area (Å²) < 4.78 is 0. The molecule has 16 heavy (non-hydrogen) atoms. The maximum absolute atomic E-state index is 9.55. The number of phenols is 1. The summed E-state index contributed by atoms with van der Waals surface area (Å²) in [5.74, 6) is 0.249. The molecule has 2 rings (SSSR count). The molecule has 2 nitrogen and oxygen atoms in total. The van der Waals surface area contributed by atoms with E-state index >= 15 is 0 Å². The number of hydrogen-bond acceptors (Lipinski definition) is 2. The van der Waals surface area contributed by atoms with Crippen molar-refractivity contribution in [2.45, 2.75) is 6.92 Å². The van der Waals surface area contributed by atoms with Crippen molar-refractivity contribution < 1.29 is 5.11 Å². The van der Waals surface area contributed by atoms with Crippen LogP contribution in [0.3, 0.4) is 0 Å². The average molecular weight is 211 g/mol. The van der Waals surface area contributed by atoms with Crippen molar-refractivity contribution in [1.82, 2.24) is 0 Å². The Morgan fingerprint density at radius 1 is 1.06 bits per heavy atom. The van der Waals surface area contributed by atoms with Crippen LogP contribution in [0.25, 0.3) is 0 Å². The maximum Gasteiger partial charge on any atom is 0.124 e. The first-order valence-electron chi connectivity index (χ1n) is 5.14. The van der Waals surface area contributed by atoms with E-state index < -0.39 is 0 Å². The van der Waals surface area contributed by atoms with Gasteiger partial charge in [0.05, 0.1) is 5.69 Å². The number of phenolic OH excluding ortho intramolecular Hbond substituents is 1. The minimum atomic E-state index is 0.249. The summed E-state index contributed by atoms with van der Waals surface area (Å²) in [6.45, 7) is 2.03. The Bertz CT molecular complexity index is 518. The standard InChI is InChI=1S/C14H13NO/c1-11-5-4-7-13(9-11)15-10-12-6-2-3-8-14(12)16/h2-10,16H,1H3. The van der Waals surface area contributed by atoms with Gasteiger partial charge in [0.1, 0.15) is 5.75 Å². The predicted molar refractivity (Wildman–Crippen MR) is 66.5 cm³/mol. The molecule has 0 fully saturated rings. The normalized spacial score (nSPS) is 10.8. The summed E-state index contributed by atoms with van der Waals surface area (Å²) >= 11 is 0. The van der Waals surface area contributed by atoms with Crippen molar-refractivity contribution in [3.05, 3.63) is 59.7 Å². The van der Waals surface area contributed by atoms with E-state index in [1.54, 1.807) is 18.3 Å². The van der Waals surface area contributed by atoms with E-state index in [1.807, 2.05) is 43.3 Å². The molecular weight excluding hydrogens is 198 g/mol. The van der Waals surface area contributed by atoms with Gasteiger partial charge in [0.2, 0.25) is 0 Å². The molecule has 0 spiro atoms. The van der Waals surface area contributed by atoms with Crippen LogP contribution >= 0.6 is 0 Å². The van der Waals surface area contributed by atoms with Gasteiger partial charge in [0.15, 0.2) is 0 Å². The molecule has 0 aliphatic heterocycles. The summed E-state index contributed by atoms with van der Waals surface area (Å²) in [6.07, 6.45) is 1.67. The van der Waals surface area contributed by atoms with Crippen LogP contribution in [-0.4, -0.2) is 11.3 Å². The van der Waals surface area contributed by atoms with E-state index in [0.29, 0.717) is 0 Å². The van der Waals surface area contributed by atoms with E-state index in [9.17, 15) is 5.11 Å². The smallest absolute Gasteiger partial charge is 0.124 e. The van der Waals surface area contributed by atoms with Crippen molar-refractivity contribution >= 4 is 11.9 Å². The molecule has 2 aromatic carbocycles. The van der Waals surface area contributed by atoms with Crippen LogP contribution in [0, 0.1) is 6.92 Å². The molecule has 0 heterocycles. The van der Waals surface area contributed by atoms with Crippen molar-refractivity contribution in [3.8, 4) is 5.75 Å². The Balaban J connectivity index is 2.25. The van der Waals surface area contributed by atoms with Gasteiger partial charge < -0.3 is 5.11 Å². The van der Waals surface area contributed by atoms with Crippen LogP contribution in [0.15, 0.2) is 53.5 Å². The third-order valence-electron chi connectivity index (χ3n) is 2.29. The first kappa shape index (κ1) is 10.4. The van der Waals surface area contributed by atoms with Gasteiger partial charge in [-0.2, -0.15) is 0 Å². The van der Waals surface area contributed by atoms with E-state index in [2.05, 4.69) is 4.99 Å². The second-order valence-corrected chi connectivity index (χ2v) is 3.66. The molecule has 0 bridgehead atoms. The van der Waals surface area contributed by atoms with Gasteiger partial charge in [-0.1, -0.05) is 24.3 Å². The number of benzene rings is 2. The molecule has 2 aromatic rings. The highest BCUT2D eigenvalue weighted by atomic mass is 16.3. The molecule has 1 N–H and O–H groups in total. The molecule has 0 saturated carbocycles. The molecule has 80 valence electrons. The lowest BCUT2D eigenvalue weighted by atomic mass is 10.2. The second-order valence-electron chi connectivity index (χ2n) is 3.66. The molecule has 0 amide bonds. The SMILES string of the molecule is Cc1cccc(N=Cc2ccccc2O)c1. The molecule has 0 aliphatic rings. The van der Waals surface area contributed by atoms with Gasteiger partial charge >= 0.3 is 0 Å². The van der Waals surface area contributed by atoms with Gasteiger partial charge in [0.25, 0.3) is 0 Å². The van der Waals surface area contributed by atoms with Gasteiger partial charge in [0, 0.05) is 11.8 Å². The van der Waals surface area contributed by atoms with Crippen LogP contribution in [-0.2, 0) is 0 Å². The van der Waals surface area contributed by atoms with Crippen LogP contribution in [0.1, 0.15) is 11.1 Å². The lowest BCUT2D eigenvalue weighted by molar-refractivity contribution is 0.474. The van der Waals surface area contributed by atoms with Crippen molar-refractivity contribution in [2.24, 2.45) is 4.99 Å². The molecule has 0 saturated heterocycles. The van der Waals surface area contributed by atoms with Crippen molar-refractivity contribution in [3.63, 3.8) is 0 Å². The number of nitrogens with zero attached hydrogens (tertiary/aromatic N) is 1. The highest BCUT2D eigenvalue weighted by Crippen LogP contribution is 2.16. The Morgan fingerprint density at radius 3 is 2.62 bits per heavy atom. The quantitative estimate of drug-likeness (QED) is 0.758. The zero-order valence-corrected chi connectivity index (χ0v) is 9.09. The zero-order valence-electron chi connectivity index (χ0n) is 9.09. The third kappa shape index (κ3) is 2.48. The fourth-order valence-electron chi connectivity index (χ4n) is 1.45. The van der Waals surface area contributed by atoms with Crippen molar-refractivity contribution in [2.75, 3.05) is 0 Å². The molecule has 0 atom stereocenters. The van der Waals surface area contributed by atoms with Crippen LogP contribution in [0.4, 0.5) is 5.69 Å². The number of aromatic hydroxyl groups is 1. The summed E-state index contributed by atoms with van der Waals surface area (Å²) in [7, 11) is 0. The molecule has 0 aliphatic carbocycles. The number of para-hydroxylation sites is 1. The molecule has 0 aromatic heterocycles. The summed E-state index contributed by atoms with van der Waals surface area (Å²) in [4.78, 5) is 4.31. The number of aliphatic imine (C=N–C) groups is 1. The lowest BCUT2D eigenvalue weighted by Crippen LogP contribution is -1.80. The fourth-order valence-corrected chi connectivity index (χ4v) is 1.45. The summed E-state index contributed by atoms with van der Waals surface area (Å²) in [5, 5.41) is 9.55. The summed E-state index contributed by atoms with van der Waals surface area (Å²) in [6, 6.07) is 15.1. The average Bonchev–Trinajstić information content (AvgIpc) is 2.28. The topological polar surface area (TPSA) is 32.6 Å². The fraction of sp³-hybridized carbons (Fsp3) is 0.0714. The summed E-state index contributed by atoms with van der Waals surface area (Å²) in [5.41, 5.74) is 2.79. The monoisotopic (exact) mass is 211 g/mol. The van der Waals surface area contributed by atoms with E-state index in [4.69, 9.17) is 0 Å². The molecule has 0 unspecified atom stereocenters. The van der Waals surface area contributed by atoms with Crippen LogP contribution < -0.4 is 0 Å². The maximum atomic E-state index is 9.55. The minimum absolute atomic E-state index is 0.249. The largest absolute Gasteiger partial charge is 0.507 e. The Labute approximate surface area is 94.9 Å². The highest BCUT2D eigenvalue weighted by Gasteiger charge is 1.95. The third-order valence-corrected chi connectivity index (χ3v) is 2.29. The Kier molecular flexibility index (Phi) is 3.01. The molecule has 0 radical (unpaired) electrons. The lowest BCUT2D eigenvalue weighted by Gasteiger charge is -1.98. The van der Waals surface area contributed by atoms with Gasteiger partial charge in [-0.15, -0.1) is 0 Å². The van der Waals surface area contributed by atoms with E-state index in [-0.39, 0.29) is 5.75 Å². The zero-order chi connectivity index (χ0) is 11.4. The van der Waals surface area contributed by atoms with E-state index in [1.165, 1.54) is 5.56 Å². The Morgan fingerprint density at radius 2 is 1.88 bits per heavy atom. The Hall–Kier alpha value is -2.09. The molecular formula is C14H13NO. The molecule has 2 heteroatoms. The van der Waals surface area contributed by atoms with Crippen LogP contribution in [0.5, 0.6) is 5.75 Å². The minimum Gasteiger partial charge on any atom is -0.507 e. The van der Waals surface area contributed by atoms with Crippen LogP contribution in [0.2, 0.25) is 0 Å². The number of aryl methyl sites for hydroxylation is 1. The highest BCUT2D eigenvalue weighted by molar-refractivity contribution is 5.85. The predicted octanol–water partition coefficient (Wildman–Crippen LogP) is 3.45.